The molecule has 2 rings (SSSR count). The van der Waals surface area contributed by atoms with Crippen molar-refractivity contribution >= 4 is 5.84 Å². The molecule has 0 radical (unpaired) electrons. The zero-order valence-corrected chi connectivity index (χ0v) is 9.71. The van der Waals surface area contributed by atoms with Gasteiger partial charge in [0.05, 0.1) is 5.84 Å². The van der Waals surface area contributed by atoms with Crippen LogP contribution in [0.5, 0.6) is 0 Å². The van der Waals surface area contributed by atoms with E-state index in [9.17, 15) is 0 Å². The number of hydrogen-bond donors (Lipinski definition) is 2. The summed E-state index contributed by atoms with van der Waals surface area (Å²) in [5, 5.41) is 7.45. The topological polar surface area (TPSA) is 53.1 Å². The molecule has 0 amide bonds. The number of fused-ring (bicyclic) bond motifs is 1. The molecule has 3 N–H and O–H groups in total. The first-order valence-corrected chi connectivity index (χ1v) is 6.26. The van der Waals surface area contributed by atoms with Crippen LogP contribution in [0.4, 0.5) is 0 Å². The molecule has 3 unspecified atom stereocenters. The van der Waals surface area contributed by atoms with Crippen LogP contribution >= 0.6 is 0 Å². The quantitative estimate of drug-likeness (QED) is 0.550. The molecule has 1 aliphatic carbocycles. The summed E-state index contributed by atoms with van der Waals surface area (Å²) in [7, 11) is 0. The van der Waals surface area contributed by atoms with Gasteiger partial charge in [-0.1, -0.05) is 19.8 Å². The maximum atomic E-state index is 7.45. The monoisotopic (exact) mass is 209 g/mol. The summed E-state index contributed by atoms with van der Waals surface area (Å²) < 4.78 is 0. The highest BCUT2D eigenvalue weighted by Gasteiger charge is 2.35. The Morgan fingerprint density at radius 2 is 2.13 bits per heavy atom. The normalized spacial score (nSPS) is 33.7. The molecule has 2 aliphatic rings. The molecule has 3 nitrogen and oxygen atoms in total. The maximum absolute atomic E-state index is 7.45. The van der Waals surface area contributed by atoms with Crippen LogP contribution in [-0.4, -0.2) is 29.9 Å². The van der Waals surface area contributed by atoms with Crippen molar-refractivity contribution in [3.05, 3.63) is 0 Å². The largest absolute Gasteiger partial charge is 0.387 e. The van der Waals surface area contributed by atoms with Gasteiger partial charge in [-0.05, 0) is 31.7 Å². The fraction of sp³-hybridized carbons (Fsp3) is 0.917. The number of hydrogen-bond acceptors (Lipinski definition) is 2. The van der Waals surface area contributed by atoms with Crippen LogP contribution in [0.2, 0.25) is 0 Å². The SMILES string of the molecule is CC(CN1CCC2CCCCC21)C(=N)N. The van der Waals surface area contributed by atoms with Gasteiger partial charge in [-0.15, -0.1) is 0 Å². The summed E-state index contributed by atoms with van der Waals surface area (Å²) in [4.78, 5) is 2.58. The Morgan fingerprint density at radius 3 is 2.87 bits per heavy atom. The summed E-state index contributed by atoms with van der Waals surface area (Å²) >= 11 is 0. The highest BCUT2D eigenvalue weighted by atomic mass is 15.2. The first-order valence-electron chi connectivity index (χ1n) is 6.26. The van der Waals surface area contributed by atoms with Gasteiger partial charge in [-0.25, -0.2) is 0 Å². The van der Waals surface area contributed by atoms with Crippen molar-refractivity contribution in [2.75, 3.05) is 13.1 Å². The Balaban J connectivity index is 1.90. The summed E-state index contributed by atoms with van der Waals surface area (Å²) in [6, 6.07) is 0.806. The summed E-state index contributed by atoms with van der Waals surface area (Å²) in [5.74, 6) is 1.51. The average Bonchev–Trinajstić information content (AvgIpc) is 2.62. The van der Waals surface area contributed by atoms with Gasteiger partial charge in [0.25, 0.3) is 0 Å². The Kier molecular flexibility index (Phi) is 3.29. The molecule has 0 aromatic heterocycles. The zero-order chi connectivity index (χ0) is 10.8. The molecule has 1 heterocycles. The Morgan fingerprint density at radius 1 is 1.40 bits per heavy atom. The van der Waals surface area contributed by atoms with Crippen molar-refractivity contribution in [3.8, 4) is 0 Å². The molecule has 3 atom stereocenters. The van der Waals surface area contributed by atoms with Crippen molar-refractivity contribution in [2.45, 2.75) is 45.1 Å². The van der Waals surface area contributed by atoms with Gasteiger partial charge in [-0.3, -0.25) is 10.3 Å². The zero-order valence-electron chi connectivity index (χ0n) is 9.71. The van der Waals surface area contributed by atoms with E-state index in [1.165, 1.54) is 38.6 Å². The molecule has 86 valence electrons. The minimum absolute atomic E-state index is 0.227. The molecule has 0 bridgehead atoms. The number of nitrogens with zero attached hydrogens (tertiary/aromatic N) is 1. The molecule has 1 aliphatic heterocycles. The average molecular weight is 209 g/mol. The Bertz CT molecular complexity index is 239. The van der Waals surface area contributed by atoms with Gasteiger partial charge in [-0.2, -0.15) is 0 Å². The first-order chi connectivity index (χ1) is 7.18. The van der Waals surface area contributed by atoms with Crippen LogP contribution in [-0.2, 0) is 0 Å². The van der Waals surface area contributed by atoms with Crippen LogP contribution in [0.25, 0.3) is 0 Å². The van der Waals surface area contributed by atoms with Gasteiger partial charge in [0, 0.05) is 18.5 Å². The second-order valence-corrected chi connectivity index (χ2v) is 5.25. The number of nitrogens with two attached hydrogens (primary N) is 1. The third-order valence-corrected chi connectivity index (χ3v) is 4.16. The van der Waals surface area contributed by atoms with Crippen LogP contribution in [0.3, 0.4) is 0 Å². The summed E-state index contributed by atoms with van der Waals surface area (Å²) in [6.45, 7) is 4.29. The van der Waals surface area contributed by atoms with Crippen molar-refractivity contribution in [3.63, 3.8) is 0 Å². The summed E-state index contributed by atoms with van der Waals surface area (Å²) in [6.07, 6.45) is 6.99. The highest BCUT2D eigenvalue weighted by molar-refractivity contribution is 5.79. The van der Waals surface area contributed by atoms with E-state index in [4.69, 9.17) is 11.1 Å². The predicted molar refractivity (Wildman–Crippen MR) is 63.0 cm³/mol. The van der Waals surface area contributed by atoms with Crippen molar-refractivity contribution in [1.29, 1.82) is 5.41 Å². The van der Waals surface area contributed by atoms with Crippen molar-refractivity contribution in [1.82, 2.24) is 4.90 Å². The molecule has 0 spiro atoms. The number of amidine groups is 1. The number of rotatable bonds is 3. The fourth-order valence-electron chi connectivity index (χ4n) is 3.18. The lowest BCUT2D eigenvalue weighted by molar-refractivity contribution is 0.174. The molecular formula is C12H23N3. The van der Waals surface area contributed by atoms with Crippen LogP contribution in [0.1, 0.15) is 39.0 Å². The third kappa shape index (κ3) is 2.33. The molecule has 2 fully saturated rings. The second kappa shape index (κ2) is 4.52. The van der Waals surface area contributed by atoms with Gasteiger partial charge in [0.2, 0.25) is 0 Å². The smallest absolute Gasteiger partial charge is 0.0947 e. The highest BCUT2D eigenvalue weighted by Crippen LogP contribution is 2.36. The van der Waals surface area contributed by atoms with Gasteiger partial charge >= 0.3 is 0 Å². The standard InChI is InChI=1S/C12H23N3/c1-9(12(13)14)8-15-7-6-10-4-2-3-5-11(10)15/h9-11H,2-8H2,1H3,(H3,13,14). The molecular weight excluding hydrogens is 186 g/mol. The maximum Gasteiger partial charge on any atom is 0.0947 e. The lowest BCUT2D eigenvalue weighted by Gasteiger charge is -2.33. The van der Waals surface area contributed by atoms with Gasteiger partial charge < -0.3 is 5.73 Å². The van der Waals surface area contributed by atoms with E-state index in [0.717, 1.165) is 18.5 Å². The van der Waals surface area contributed by atoms with Crippen LogP contribution in [0, 0.1) is 17.2 Å². The molecule has 1 saturated heterocycles. The van der Waals surface area contributed by atoms with Crippen molar-refractivity contribution in [2.24, 2.45) is 17.6 Å². The molecule has 1 saturated carbocycles. The molecule has 0 aromatic rings. The van der Waals surface area contributed by atoms with E-state index in [1.54, 1.807) is 0 Å². The van der Waals surface area contributed by atoms with Gasteiger partial charge in [0.1, 0.15) is 0 Å². The lowest BCUT2D eigenvalue weighted by Crippen LogP contribution is -2.40. The lowest BCUT2D eigenvalue weighted by atomic mass is 9.85. The fourth-order valence-corrected chi connectivity index (χ4v) is 3.18. The van der Waals surface area contributed by atoms with E-state index in [-0.39, 0.29) is 5.92 Å². The van der Waals surface area contributed by atoms with Gasteiger partial charge in [0.15, 0.2) is 0 Å². The third-order valence-electron chi connectivity index (χ3n) is 4.16. The Labute approximate surface area is 92.5 Å². The first kappa shape index (κ1) is 10.9. The Hall–Kier alpha value is -0.570. The number of likely N-dealkylation sites (tertiary alicyclic amines) is 1. The minimum Gasteiger partial charge on any atom is -0.387 e. The summed E-state index contributed by atoms with van der Waals surface area (Å²) in [5.41, 5.74) is 5.54. The molecule has 3 heteroatoms. The predicted octanol–water partition coefficient (Wildman–Crippen LogP) is 1.82. The molecule has 0 aromatic carbocycles. The van der Waals surface area contributed by atoms with E-state index in [0.29, 0.717) is 5.84 Å². The van der Waals surface area contributed by atoms with E-state index in [2.05, 4.69) is 11.8 Å². The van der Waals surface area contributed by atoms with Crippen LogP contribution < -0.4 is 5.73 Å². The van der Waals surface area contributed by atoms with Crippen LogP contribution in [0.15, 0.2) is 0 Å². The van der Waals surface area contributed by atoms with Crippen molar-refractivity contribution < 1.29 is 0 Å². The van der Waals surface area contributed by atoms with E-state index in [1.807, 2.05) is 0 Å². The van der Waals surface area contributed by atoms with E-state index >= 15 is 0 Å². The minimum atomic E-state index is 0.227. The number of nitrogens with one attached hydrogen (secondary N) is 1. The molecule has 15 heavy (non-hydrogen) atoms. The second-order valence-electron chi connectivity index (χ2n) is 5.25. The van der Waals surface area contributed by atoms with E-state index < -0.39 is 0 Å².